The van der Waals surface area contributed by atoms with Crippen LogP contribution in [-0.2, 0) is 9.53 Å². The van der Waals surface area contributed by atoms with Gasteiger partial charge in [0.1, 0.15) is 12.1 Å². The summed E-state index contributed by atoms with van der Waals surface area (Å²) in [6.45, 7) is 11.3. The lowest BCUT2D eigenvalue weighted by atomic mass is 10.0. The topological polar surface area (TPSA) is 77.5 Å². The summed E-state index contributed by atoms with van der Waals surface area (Å²) in [5, 5.41) is 3.42. The van der Waals surface area contributed by atoms with Crippen LogP contribution in [0.15, 0.2) is 4.99 Å². The Morgan fingerprint density at radius 3 is 2.29 bits per heavy atom. The first kappa shape index (κ1) is 25.3. The van der Waals surface area contributed by atoms with E-state index in [1.165, 1.54) is 12.8 Å². The van der Waals surface area contributed by atoms with Crippen molar-refractivity contribution < 1.29 is 14.3 Å². The molecule has 2 aliphatic rings. The van der Waals surface area contributed by atoms with Crippen LogP contribution in [0, 0.1) is 5.92 Å². The fourth-order valence-electron chi connectivity index (χ4n) is 3.59. The van der Waals surface area contributed by atoms with Crippen molar-refractivity contribution >= 4 is 18.0 Å². The lowest BCUT2D eigenvalue weighted by Crippen LogP contribution is -2.53. The molecule has 2 amide bonds. The van der Waals surface area contributed by atoms with Gasteiger partial charge in [-0.15, -0.1) is 0 Å². The average Bonchev–Trinajstić information content (AvgIpc) is 3.51. The molecule has 0 spiro atoms. The standard InChI is InChI=1S/C23H43N5O3/c1-7-8-13-24-21(25-16-20(29)26(5)6)27-14-11-19(12-15-27)28(17-18-9-10-18)22(30)31-23(2,3)4/h18-19H,7-17H2,1-6H3,(H,24,25). The number of ether oxygens (including phenoxy) is 1. The Morgan fingerprint density at radius 1 is 1.13 bits per heavy atom. The number of guanidine groups is 1. The maximum atomic E-state index is 12.9. The minimum Gasteiger partial charge on any atom is -0.444 e. The SMILES string of the molecule is CCCCNC(=NCC(=O)N(C)C)N1CCC(N(CC2CC2)C(=O)OC(C)(C)C)CC1. The first-order valence-electron chi connectivity index (χ1n) is 11.8. The van der Waals surface area contributed by atoms with Gasteiger partial charge < -0.3 is 24.8 Å². The van der Waals surface area contributed by atoms with Crippen molar-refractivity contribution in [3.63, 3.8) is 0 Å². The zero-order valence-corrected chi connectivity index (χ0v) is 20.4. The normalized spacial score (nSPS) is 18.0. The molecular formula is C23H43N5O3. The molecule has 178 valence electrons. The largest absolute Gasteiger partial charge is 0.444 e. The number of carbonyl (C=O) groups excluding carboxylic acids is 2. The van der Waals surface area contributed by atoms with Gasteiger partial charge in [-0.05, 0) is 58.8 Å². The number of piperidine rings is 1. The zero-order valence-electron chi connectivity index (χ0n) is 20.4. The van der Waals surface area contributed by atoms with E-state index in [-0.39, 0.29) is 24.6 Å². The molecule has 31 heavy (non-hydrogen) atoms. The van der Waals surface area contributed by atoms with Gasteiger partial charge in [0.15, 0.2) is 5.96 Å². The van der Waals surface area contributed by atoms with Crippen molar-refractivity contribution in [1.29, 1.82) is 0 Å². The van der Waals surface area contributed by atoms with Crippen LogP contribution in [0.1, 0.15) is 66.2 Å². The Kier molecular flexibility index (Phi) is 9.44. The van der Waals surface area contributed by atoms with E-state index in [1.807, 2.05) is 25.7 Å². The van der Waals surface area contributed by atoms with E-state index in [9.17, 15) is 9.59 Å². The van der Waals surface area contributed by atoms with E-state index in [2.05, 4.69) is 22.1 Å². The second-order valence-corrected chi connectivity index (χ2v) is 10.0. The van der Waals surface area contributed by atoms with Crippen LogP contribution in [0.4, 0.5) is 4.79 Å². The summed E-state index contributed by atoms with van der Waals surface area (Å²) >= 11 is 0. The number of nitrogens with zero attached hydrogens (tertiary/aromatic N) is 4. The number of amides is 2. The van der Waals surface area contributed by atoms with E-state index in [0.29, 0.717) is 5.92 Å². The highest BCUT2D eigenvalue weighted by Gasteiger charge is 2.35. The summed E-state index contributed by atoms with van der Waals surface area (Å²) in [4.78, 5) is 35.2. The number of hydrogen-bond donors (Lipinski definition) is 1. The van der Waals surface area contributed by atoms with Crippen LogP contribution >= 0.6 is 0 Å². The fraction of sp³-hybridized carbons (Fsp3) is 0.870. The van der Waals surface area contributed by atoms with E-state index in [1.54, 1.807) is 19.0 Å². The second kappa shape index (κ2) is 11.6. The Morgan fingerprint density at radius 2 is 1.77 bits per heavy atom. The molecule has 2 fully saturated rings. The number of likely N-dealkylation sites (N-methyl/N-ethyl adjacent to an activating group) is 1. The third-order valence-corrected chi connectivity index (χ3v) is 5.66. The third-order valence-electron chi connectivity index (χ3n) is 5.66. The second-order valence-electron chi connectivity index (χ2n) is 10.0. The Hall–Kier alpha value is -1.99. The number of hydrogen-bond acceptors (Lipinski definition) is 4. The molecule has 0 aromatic heterocycles. The summed E-state index contributed by atoms with van der Waals surface area (Å²) in [5.41, 5.74) is -0.485. The predicted molar refractivity (Wildman–Crippen MR) is 124 cm³/mol. The molecule has 0 aromatic rings. The van der Waals surface area contributed by atoms with Gasteiger partial charge in [0, 0.05) is 46.3 Å². The van der Waals surface area contributed by atoms with Gasteiger partial charge in [-0.2, -0.15) is 0 Å². The first-order chi connectivity index (χ1) is 14.6. The van der Waals surface area contributed by atoms with Crippen molar-refractivity contribution in [3.8, 4) is 0 Å². The molecule has 0 radical (unpaired) electrons. The maximum absolute atomic E-state index is 12.9. The molecular weight excluding hydrogens is 394 g/mol. The van der Waals surface area contributed by atoms with Crippen LogP contribution in [-0.4, -0.2) is 91.1 Å². The van der Waals surface area contributed by atoms with Crippen LogP contribution in [0.2, 0.25) is 0 Å². The Balaban J connectivity index is 2.00. The van der Waals surface area contributed by atoms with E-state index >= 15 is 0 Å². The molecule has 1 saturated carbocycles. The first-order valence-corrected chi connectivity index (χ1v) is 11.8. The van der Waals surface area contributed by atoms with Crippen LogP contribution in [0.25, 0.3) is 0 Å². The minimum absolute atomic E-state index is 0.00906. The van der Waals surface area contributed by atoms with Gasteiger partial charge in [0.2, 0.25) is 5.91 Å². The van der Waals surface area contributed by atoms with Gasteiger partial charge in [-0.3, -0.25) is 4.79 Å². The number of unbranched alkanes of at least 4 members (excludes halogenated alkanes) is 1. The molecule has 0 aromatic carbocycles. The molecule has 1 aliphatic heterocycles. The molecule has 1 heterocycles. The molecule has 1 aliphatic carbocycles. The monoisotopic (exact) mass is 437 g/mol. The highest BCUT2D eigenvalue weighted by molar-refractivity contribution is 5.85. The van der Waals surface area contributed by atoms with E-state index < -0.39 is 5.60 Å². The quantitative estimate of drug-likeness (QED) is 0.359. The minimum atomic E-state index is -0.485. The van der Waals surface area contributed by atoms with Crippen LogP contribution in [0.3, 0.4) is 0 Å². The third kappa shape index (κ3) is 8.95. The number of nitrogens with one attached hydrogen (secondary N) is 1. The smallest absolute Gasteiger partial charge is 0.410 e. The molecule has 1 N–H and O–H groups in total. The predicted octanol–water partition coefficient (Wildman–Crippen LogP) is 2.93. The molecule has 0 atom stereocenters. The molecule has 2 rings (SSSR count). The summed E-state index contributed by atoms with van der Waals surface area (Å²) in [7, 11) is 3.50. The van der Waals surface area contributed by atoms with Crippen molar-refractivity contribution in [1.82, 2.24) is 20.0 Å². The molecule has 1 saturated heterocycles. The summed E-state index contributed by atoms with van der Waals surface area (Å²) in [6.07, 6.45) is 6.14. The molecule has 0 bridgehead atoms. The number of aliphatic imine (C=N–C) groups is 1. The Labute approximate surface area is 188 Å². The summed E-state index contributed by atoms with van der Waals surface area (Å²) in [5.74, 6) is 1.41. The summed E-state index contributed by atoms with van der Waals surface area (Å²) < 4.78 is 5.70. The number of rotatable bonds is 8. The molecule has 8 heteroatoms. The van der Waals surface area contributed by atoms with E-state index in [4.69, 9.17) is 4.74 Å². The van der Waals surface area contributed by atoms with Crippen molar-refractivity contribution in [2.75, 3.05) is 46.8 Å². The van der Waals surface area contributed by atoms with Crippen molar-refractivity contribution in [2.24, 2.45) is 10.9 Å². The van der Waals surface area contributed by atoms with Gasteiger partial charge in [-0.25, -0.2) is 9.79 Å². The van der Waals surface area contributed by atoms with Crippen molar-refractivity contribution in [2.45, 2.75) is 77.9 Å². The van der Waals surface area contributed by atoms with Crippen molar-refractivity contribution in [3.05, 3.63) is 0 Å². The summed E-state index contributed by atoms with van der Waals surface area (Å²) in [6, 6.07) is 0.187. The average molecular weight is 438 g/mol. The number of likely N-dealkylation sites (tertiary alicyclic amines) is 1. The fourth-order valence-corrected chi connectivity index (χ4v) is 3.59. The Bertz CT molecular complexity index is 617. The van der Waals surface area contributed by atoms with Gasteiger partial charge in [0.25, 0.3) is 0 Å². The van der Waals surface area contributed by atoms with Crippen LogP contribution in [0.5, 0.6) is 0 Å². The van der Waals surface area contributed by atoms with Gasteiger partial charge in [0.05, 0.1) is 0 Å². The zero-order chi connectivity index (χ0) is 23.0. The molecule has 0 unspecified atom stereocenters. The van der Waals surface area contributed by atoms with Gasteiger partial charge in [-0.1, -0.05) is 13.3 Å². The lowest BCUT2D eigenvalue weighted by Gasteiger charge is -2.40. The number of carbonyl (C=O) groups is 2. The highest BCUT2D eigenvalue weighted by Crippen LogP contribution is 2.32. The van der Waals surface area contributed by atoms with E-state index in [0.717, 1.165) is 57.8 Å². The highest BCUT2D eigenvalue weighted by atomic mass is 16.6. The molecule has 8 nitrogen and oxygen atoms in total. The lowest BCUT2D eigenvalue weighted by molar-refractivity contribution is -0.127. The maximum Gasteiger partial charge on any atom is 0.410 e. The van der Waals surface area contributed by atoms with Crippen LogP contribution < -0.4 is 5.32 Å². The van der Waals surface area contributed by atoms with Gasteiger partial charge >= 0.3 is 6.09 Å².